The molecule has 1 N–H and O–H groups in total. The van der Waals surface area contributed by atoms with Crippen molar-refractivity contribution in [3.05, 3.63) is 29.8 Å². The van der Waals surface area contributed by atoms with Crippen molar-refractivity contribution in [2.45, 2.75) is 43.5 Å². The van der Waals surface area contributed by atoms with Crippen LogP contribution in [0.1, 0.15) is 44.2 Å². The van der Waals surface area contributed by atoms with E-state index in [1.54, 1.807) is 24.3 Å². The molecular weight excluding hydrogens is 298 g/mol. The van der Waals surface area contributed by atoms with Gasteiger partial charge in [0.05, 0.1) is 10.9 Å². The molecule has 120 valence electrons. The summed E-state index contributed by atoms with van der Waals surface area (Å²) < 4.78 is 22.9. The van der Waals surface area contributed by atoms with E-state index in [-0.39, 0.29) is 17.9 Å². The SMILES string of the molecule is C[C@@H](NC(=O)[C@@H]1C[C@H]2CC[C@H]1C2)c1ccc(S(C)(=O)=O)cc1. The van der Waals surface area contributed by atoms with Gasteiger partial charge in [-0.25, -0.2) is 8.42 Å². The molecule has 1 amide bonds. The van der Waals surface area contributed by atoms with Crippen molar-refractivity contribution in [1.82, 2.24) is 5.32 Å². The van der Waals surface area contributed by atoms with Gasteiger partial charge in [0.25, 0.3) is 0 Å². The number of carbonyl (C=O) groups is 1. The Kier molecular flexibility index (Phi) is 4.02. The number of amides is 1. The van der Waals surface area contributed by atoms with E-state index in [1.165, 1.54) is 25.5 Å². The molecular formula is C17H23NO3S. The lowest BCUT2D eigenvalue weighted by Crippen LogP contribution is -2.35. The normalized spacial score (nSPS) is 28.5. The van der Waals surface area contributed by atoms with Crippen LogP contribution in [0.3, 0.4) is 0 Å². The summed E-state index contributed by atoms with van der Waals surface area (Å²) in [5, 5.41) is 3.09. The average molecular weight is 321 g/mol. The van der Waals surface area contributed by atoms with Gasteiger partial charge in [0.15, 0.2) is 9.84 Å². The Morgan fingerprint density at radius 3 is 2.36 bits per heavy atom. The van der Waals surface area contributed by atoms with Gasteiger partial charge in [-0.2, -0.15) is 0 Å². The smallest absolute Gasteiger partial charge is 0.223 e. The highest BCUT2D eigenvalue weighted by molar-refractivity contribution is 7.90. The van der Waals surface area contributed by atoms with Crippen LogP contribution in [0, 0.1) is 17.8 Å². The molecule has 0 spiro atoms. The molecule has 2 aliphatic carbocycles. The number of rotatable bonds is 4. The number of hydrogen-bond donors (Lipinski definition) is 1. The molecule has 2 saturated carbocycles. The fraction of sp³-hybridized carbons (Fsp3) is 0.588. The van der Waals surface area contributed by atoms with E-state index in [2.05, 4.69) is 5.32 Å². The Morgan fingerprint density at radius 1 is 1.18 bits per heavy atom. The summed E-state index contributed by atoms with van der Waals surface area (Å²) in [6.07, 6.45) is 5.94. The standard InChI is InChI=1S/C17H23NO3S/c1-11(13-5-7-15(8-6-13)22(2,20)21)18-17(19)16-10-12-3-4-14(16)9-12/h5-8,11-12,14,16H,3-4,9-10H2,1-2H3,(H,18,19)/t11-,12+,14+,16-/m1/s1. The third-order valence-electron chi connectivity index (χ3n) is 5.24. The molecule has 4 atom stereocenters. The third-order valence-corrected chi connectivity index (χ3v) is 6.37. The maximum atomic E-state index is 12.4. The Morgan fingerprint density at radius 2 is 1.86 bits per heavy atom. The van der Waals surface area contributed by atoms with Gasteiger partial charge in [-0.1, -0.05) is 18.6 Å². The maximum Gasteiger partial charge on any atom is 0.223 e. The molecule has 1 aromatic rings. The minimum absolute atomic E-state index is 0.0970. The molecule has 2 bridgehead atoms. The zero-order valence-electron chi connectivity index (χ0n) is 13.1. The first-order valence-corrected chi connectivity index (χ1v) is 9.84. The summed E-state index contributed by atoms with van der Waals surface area (Å²) in [5.74, 6) is 1.67. The van der Waals surface area contributed by atoms with E-state index in [1.807, 2.05) is 6.92 Å². The first-order chi connectivity index (χ1) is 10.3. The lowest BCUT2D eigenvalue weighted by molar-refractivity contribution is -0.127. The van der Waals surface area contributed by atoms with Crippen LogP contribution >= 0.6 is 0 Å². The Hall–Kier alpha value is -1.36. The van der Waals surface area contributed by atoms with Gasteiger partial charge in [0.2, 0.25) is 5.91 Å². The first-order valence-electron chi connectivity index (χ1n) is 7.95. The van der Waals surface area contributed by atoms with E-state index in [9.17, 15) is 13.2 Å². The van der Waals surface area contributed by atoms with Crippen LogP contribution < -0.4 is 5.32 Å². The molecule has 5 heteroatoms. The molecule has 2 aliphatic rings. The minimum atomic E-state index is -3.17. The Labute approximate surface area is 132 Å². The van der Waals surface area contributed by atoms with Crippen molar-refractivity contribution >= 4 is 15.7 Å². The number of sulfone groups is 1. The van der Waals surface area contributed by atoms with Gasteiger partial charge < -0.3 is 5.32 Å². The van der Waals surface area contributed by atoms with Crippen molar-refractivity contribution in [1.29, 1.82) is 0 Å². The molecule has 0 saturated heterocycles. The monoisotopic (exact) mass is 321 g/mol. The summed E-state index contributed by atoms with van der Waals surface area (Å²) in [7, 11) is -3.17. The highest BCUT2D eigenvalue weighted by atomic mass is 32.2. The number of hydrogen-bond acceptors (Lipinski definition) is 3. The quantitative estimate of drug-likeness (QED) is 0.927. The van der Waals surface area contributed by atoms with E-state index < -0.39 is 9.84 Å². The largest absolute Gasteiger partial charge is 0.349 e. The number of nitrogens with one attached hydrogen (secondary N) is 1. The predicted molar refractivity (Wildman–Crippen MR) is 85.0 cm³/mol. The molecule has 0 aromatic heterocycles. The zero-order valence-corrected chi connectivity index (χ0v) is 13.9. The second-order valence-electron chi connectivity index (χ2n) is 6.85. The van der Waals surface area contributed by atoms with Gasteiger partial charge in [0.1, 0.15) is 0 Å². The molecule has 0 unspecified atom stereocenters. The topological polar surface area (TPSA) is 63.2 Å². The molecule has 22 heavy (non-hydrogen) atoms. The summed E-state index contributed by atoms with van der Waals surface area (Å²) in [6, 6.07) is 6.67. The fourth-order valence-corrected chi connectivity index (χ4v) is 4.60. The van der Waals surface area contributed by atoms with Gasteiger partial charge in [-0.05, 0) is 55.7 Å². The van der Waals surface area contributed by atoms with Crippen LogP contribution in [0.25, 0.3) is 0 Å². The van der Waals surface area contributed by atoms with Crippen LogP contribution in [0.2, 0.25) is 0 Å². The van der Waals surface area contributed by atoms with Crippen LogP contribution in [-0.4, -0.2) is 20.6 Å². The Balaban J connectivity index is 1.64. The van der Waals surface area contributed by atoms with Crippen LogP contribution in [0.4, 0.5) is 0 Å². The molecule has 1 aromatic carbocycles. The van der Waals surface area contributed by atoms with E-state index in [0.717, 1.165) is 17.9 Å². The van der Waals surface area contributed by atoms with Gasteiger partial charge >= 0.3 is 0 Å². The maximum absolute atomic E-state index is 12.4. The predicted octanol–water partition coefficient (Wildman–Crippen LogP) is 2.70. The number of carbonyl (C=O) groups excluding carboxylic acids is 1. The van der Waals surface area contributed by atoms with Gasteiger partial charge in [0, 0.05) is 12.2 Å². The van der Waals surface area contributed by atoms with Gasteiger partial charge in [-0.3, -0.25) is 4.79 Å². The van der Waals surface area contributed by atoms with Crippen LogP contribution in [0.15, 0.2) is 29.2 Å². The van der Waals surface area contributed by atoms with Crippen molar-refractivity contribution < 1.29 is 13.2 Å². The first kappa shape index (κ1) is 15.5. The van der Waals surface area contributed by atoms with Crippen molar-refractivity contribution in [3.8, 4) is 0 Å². The molecule has 0 heterocycles. The van der Waals surface area contributed by atoms with Crippen LogP contribution in [0.5, 0.6) is 0 Å². The summed E-state index contributed by atoms with van der Waals surface area (Å²) in [6.45, 7) is 1.94. The molecule has 2 fully saturated rings. The lowest BCUT2D eigenvalue weighted by Gasteiger charge is -2.23. The van der Waals surface area contributed by atoms with Crippen molar-refractivity contribution in [3.63, 3.8) is 0 Å². The highest BCUT2D eigenvalue weighted by Crippen LogP contribution is 2.48. The molecule has 0 radical (unpaired) electrons. The van der Waals surface area contributed by atoms with Crippen LogP contribution in [-0.2, 0) is 14.6 Å². The summed E-state index contributed by atoms with van der Waals surface area (Å²) >= 11 is 0. The van der Waals surface area contributed by atoms with E-state index in [0.29, 0.717) is 10.8 Å². The van der Waals surface area contributed by atoms with E-state index in [4.69, 9.17) is 0 Å². The lowest BCUT2D eigenvalue weighted by atomic mass is 9.88. The fourth-order valence-electron chi connectivity index (χ4n) is 3.97. The summed E-state index contributed by atoms with van der Waals surface area (Å²) in [4.78, 5) is 12.7. The second kappa shape index (κ2) is 5.69. The molecule has 4 nitrogen and oxygen atoms in total. The molecule has 0 aliphatic heterocycles. The molecule has 3 rings (SSSR count). The zero-order chi connectivity index (χ0) is 15.9. The third kappa shape index (κ3) is 3.05. The van der Waals surface area contributed by atoms with Crippen molar-refractivity contribution in [2.24, 2.45) is 17.8 Å². The highest BCUT2D eigenvalue weighted by Gasteiger charge is 2.43. The minimum Gasteiger partial charge on any atom is -0.349 e. The Bertz CT molecular complexity index is 666. The van der Waals surface area contributed by atoms with E-state index >= 15 is 0 Å². The second-order valence-corrected chi connectivity index (χ2v) is 8.87. The van der Waals surface area contributed by atoms with Crippen molar-refractivity contribution in [2.75, 3.05) is 6.26 Å². The summed E-state index contributed by atoms with van der Waals surface area (Å²) in [5.41, 5.74) is 0.934. The number of fused-ring (bicyclic) bond motifs is 2. The average Bonchev–Trinajstić information content (AvgIpc) is 3.09. The number of benzene rings is 1. The van der Waals surface area contributed by atoms with Gasteiger partial charge in [-0.15, -0.1) is 0 Å².